The van der Waals surface area contributed by atoms with Gasteiger partial charge < -0.3 is 10.6 Å². The van der Waals surface area contributed by atoms with Gasteiger partial charge in [-0.1, -0.05) is 24.3 Å². The number of anilines is 1. The Morgan fingerprint density at radius 3 is 2.63 bits per heavy atom. The van der Waals surface area contributed by atoms with Crippen LogP contribution in [-0.4, -0.2) is 18.6 Å². The van der Waals surface area contributed by atoms with Gasteiger partial charge in [0.15, 0.2) is 0 Å². The number of benzene rings is 1. The molecule has 3 nitrogen and oxygen atoms in total. The monoisotopic (exact) mass is 272 g/mol. The maximum absolute atomic E-state index is 12.1. The molecule has 0 aliphatic carbocycles. The van der Waals surface area contributed by atoms with Gasteiger partial charge in [-0.2, -0.15) is 13.2 Å². The van der Waals surface area contributed by atoms with E-state index < -0.39 is 12.1 Å². The van der Waals surface area contributed by atoms with E-state index >= 15 is 0 Å². The molecule has 0 aliphatic heterocycles. The van der Waals surface area contributed by atoms with E-state index in [0.29, 0.717) is 13.1 Å². The Balaban J connectivity index is 2.62. The van der Waals surface area contributed by atoms with Crippen LogP contribution in [0.4, 0.5) is 18.9 Å². The van der Waals surface area contributed by atoms with Crippen molar-refractivity contribution in [2.24, 2.45) is 0 Å². The molecule has 0 saturated heterocycles. The van der Waals surface area contributed by atoms with Gasteiger partial charge in [0.05, 0.1) is 0 Å². The number of rotatable bonds is 5. The Hall–Kier alpha value is -1.82. The fraction of sp³-hybridized carbons (Fsp3) is 0.308. The Morgan fingerprint density at radius 1 is 1.37 bits per heavy atom. The molecular formula is C13H15F3N2O. The molecule has 0 heterocycles. The topological polar surface area (TPSA) is 41.1 Å². The maximum atomic E-state index is 12.1. The van der Waals surface area contributed by atoms with E-state index in [0.717, 1.165) is 11.1 Å². The summed E-state index contributed by atoms with van der Waals surface area (Å²) in [7, 11) is 0. The molecular weight excluding hydrogens is 257 g/mol. The molecule has 0 unspecified atom stereocenters. The highest BCUT2D eigenvalue weighted by atomic mass is 19.4. The molecule has 0 fully saturated rings. The third-order valence-corrected chi connectivity index (χ3v) is 2.20. The lowest BCUT2D eigenvalue weighted by atomic mass is 10.2. The molecule has 19 heavy (non-hydrogen) atoms. The minimum Gasteiger partial charge on any atom is -0.318 e. The molecule has 0 aliphatic rings. The van der Waals surface area contributed by atoms with E-state index in [4.69, 9.17) is 0 Å². The Bertz CT molecular complexity index is 469. The number of alkyl halides is 3. The summed E-state index contributed by atoms with van der Waals surface area (Å²) in [6.07, 6.45) is -4.88. The van der Waals surface area contributed by atoms with E-state index in [1.54, 1.807) is 12.1 Å². The third-order valence-electron chi connectivity index (χ3n) is 2.20. The summed E-state index contributed by atoms with van der Waals surface area (Å²) >= 11 is 0. The largest absolute Gasteiger partial charge is 0.471 e. The van der Waals surface area contributed by atoms with E-state index in [9.17, 15) is 18.0 Å². The van der Waals surface area contributed by atoms with Gasteiger partial charge in [0.2, 0.25) is 0 Å². The fourth-order valence-corrected chi connectivity index (χ4v) is 1.38. The SMILES string of the molecule is C=C(C)CNCc1cccc(NC(=O)C(F)(F)F)c1. The summed E-state index contributed by atoms with van der Waals surface area (Å²) < 4.78 is 36.3. The first-order valence-corrected chi connectivity index (χ1v) is 5.61. The summed E-state index contributed by atoms with van der Waals surface area (Å²) in [6.45, 7) is 6.71. The summed E-state index contributed by atoms with van der Waals surface area (Å²) in [5.41, 5.74) is 1.86. The zero-order chi connectivity index (χ0) is 14.5. The minimum absolute atomic E-state index is 0.122. The average Bonchev–Trinajstić information content (AvgIpc) is 2.27. The predicted molar refractivity (Wildman–Crippen MR) is 67.6 cm³/mol. The number of hydrogen-bond donors (Lipinski definition) is 2. The third kappa shape index (κ3) is 5.56. The minimum atomic E-state index is -4.88. The average molecular weight is 272 g/mol. The highest BCUT2D eigenvalue weighted by Gasteiger charge is 2.38. The van der Waals surface area contributed by atoms with Gasteiger partial charge >= 0.3 is 12.1 Å². The second-order valence-electron chi connectivity index (χ2n) is 4.21. The maximum Gasteiger partial charge on any atom is 0.471 e. The van der Waals surface area contributed by atoms with E-state index in [1.807, 2.05) is 12.2 Å². The van der Waals surface area contributed by atoms with Crippen LogP contribution < -0.4 is 10.6 Å². The first-order valence-electron chi connectivity index (χ1n) is 5.61. The molecule has 0 atom stereocenters. The lowest BCUT2D eigenvalue weighted by molar-refractivity contribution is -0.167. The number of halogens is 3. The first-order chi connectivity index (χ1) is 8.79. The molecule has 2 N–H and O–H groups in total. The van der Waals surface area contributed by atoms with Crippen molar-refractivity contribution in [3.8, 4) is 0 Å². The van der Waals surface area contributed by atoms with Crippen molar-refractivity contribution in [2.45, 2.75) is 19.6 Å². The standard InChI is InChI=1S/C13H15F3N2O/c1-9(2)7-17-8-10-4-3-5-11(6-10)18-12(19)13(14,15)16/h3-6,17H,1,7-8H2,2H3,(H,18,19). The number of carbonyl (C=O) groups excluding carboxylic acids is 1. The van der Waals surface area contributed by atoms with E-state index in [1.165, 1.54) is 12.1 Å². The van der Waals surface area contributed by atoms with Crippen molar-refractivity contribution in [3.05, 3.63) is 42.0 Å². The number of hydrogen-bond acceptors (Lipinski definition) is 2. The van der Waals surface area contributed by atoms with Crippen LogP contribution in [0.5, 0.6) is 0 Å². The predicted octanol–water partition coefficient (Wildman–Crippen LogP) is 2.85. The van der Waals surface area contributed by atoms with Gasteiger partial charge in [0.1, 0.15) is 0 Å². The molecule has 0 spiro atoms. The molecule has 0 aromatic heterocycles. The second-order valence-corrected chi connectivity index (χ2v) is 4.21. The zero-order valence-corrected chi connectivity index (χ0v) is 10.5. The van der Waals surface area contributed by atoms with E-state index in [-0.39, 0.29) is 5.69 Å². The number of amides is 1. The molecule has 0 radical (unpaired) electrons. The summed E-state index contributed by atoms with van der Waals surface area (Å²) in [5, 5.41) is 4.89. The van der Waals surface area contributed by atoms with Crippen LogP contribution in [0.2, 0.25) is 0 Å². The van der Waals surface area contributed by atoms with Gasteiger partial charge in [-0.15, -0.1) is 0 Å². The van der Waals surface area contributed by atoms with Crippen LogP contribution in [0, 0.1) is 0 Å². The smallest absolute Gasteiger partial charge is 0.318 e. The van der Waals surface area contributed by atoms with E-state index in [2.05, 4.69) is 11.9 Å². The molecule has 0 saturated carbocycles. The quantitative estimate of drug-likeness (QED) is 0.809. The van der Waals surface area contributed by atoms with Crippen LogP contribution in [0.1, 0.15) is 12.5 Å². The van der Waals surface area contributed by atoms with Crippen molar-refractivity contribution in [3.63, 3.8) is 0 Å². The van der Waals surface area contributed by atoms with Crippen molar-refractivity contribution >= 4 is 11.6 Å². The van der Waals surface area contributed by atoms with Crippen molar-refractivity contribution in [1.29, 1.82) is 0 Å². The molecule has 104 valence electrons. The van der Waals surface area contributed by atoms with Crippen LogP contribution in [0.15, 0.2) is 36.4 Å². The summed E-state index contributed by atoms with van der Waals surface area (Å²) in [6, 6.07) is 6.25. The van der Waals surface area contributed by atoms with Crippen molar-refractivity contribution in [2.75, 3.05) is 11.9 Å². The molecule has 1 rings (SSSR count). The molecule has 0 bridgehead atoms. The zero-order valence-electron chi connectivity index (χ0n) is 10.5. The van der Waals surface area contributed by atoms with Gasteiger partial charge in [0, 0.05) is 18.8 Å². The lowest BCUT2D eigenvalue weighted by Gasteiger charge is -2.10. The van der Waals surface area contributed by atoms with Gasteiger partial charge in [-0.25, -0.2) is 0 Å². The molecule has 1 amide bonds. The molecule has 1 aromatic rings. The summed E-state index contributed by atoms with van der Waals surface area (Å²) in [5.74, 6) is -1.97. The van der Waals surface area contributed by atoms with Crippen LogP contribution >= 0.6 is 0 Å². The highest BCUT2D eigenvalue weighted by Crippen LogP contribution is 2.18. The Kier molecular flexibility index (Phi) is 5.11. The summed E-state index contributed by atoms with van der Waals surface area (Å²) in [4.78, 5) is 10.8. The van der Waals surface area contributed by atoms with Crippen molar-refractivity contribution < 1.29 is 18.0 Å². The number of nitrogens with one attached hydrogen (secondary N) is 2. The Labute approximate surface area is 109 Å². The van der Waals surface area contributed by atoms with Gasteiger partial charge in [-0.05, 0) is 24.6 Å². The fourth-order valence-electron chi connectivity index (χ4n) is 1.38. The number of carbonyl (C=O) groups is 1. The first kappa shape index (κ1) is 15.2. The molecule has 1 aromatic carbocycles. The molecule has 6 heteroatoms. The lowest BCUT2D eigenvalue weighted by Crippen LogP contribution is -2.29. The van der Waals surface area contributed by atoms with Gasteiger partial charge in [0.25, 0.3) is 0 Å². The normalized spacial score (nSPS) is 11.2. The van der Waals surface area contributed by atoms with Crippen LogP contribution in [-0.2, 0) is 11.3 Å². The van der Waals surface area contributed by atoms with Crippen LogP contribution in [0.25, 0.3) is 0 Å². The van der Waals surface area contributed by atoms with Crippen molar-refractivity contribution in [1.82, 2.24) is 5.32 Å². The van der Waals surface area contributed by atoms with Gasteiger partial charge in [-0.3, -0.25) is 4.79 Å². The van der Waals surface area contributed by atoms with Crippen LogP contribution in [0.3, 0.4) is 0 Å². The second kappa shape index (κ2) is 6.38. The Morgan fingerprint density at radius 2 is 2.05 bits per heavy atom. The highest BCUT2D eigenvalue weighted by molar-refractivity contribution is 5.94.